The van der Waals surface area contributed by atoms with Crippen LogP contribution >= 0.6 is 15.9 Å². The van der Waals surface area contributed by atoms with Crippen molar-refractivity contribution in [1.82, 2.24) is 9.21 Å². The molecule has 2 aliphatic heterocycles. The van der Waals surface area contributed by atoms with Gasteiger partial charge in [-0.3, -0.25) is 0 Å². The summed E-state index contributed by atoms with van der Waals surface area (Å²) in [4.78, 5) is 4.80. The highest BCUT2D eigenvalue weighted by Crippen LogP contribution is 2.34. The molecule has 0 atom stereocenters. The average molecular weight is 480 g/mol. The van der Waals surface area contributed by atoms with Crippen LogP contribution < -0.4 is 9.64 Å². The lowest BCUT2D eigenvalue weighted by atomic mass is 10.0. The number of likely N-dealkylation sites (N-methyl/N-ethyl adjacent to an activating group) is 1. The Kier molecular flexibility index (Phi) is 5.88. The van der Waals surface area contributed by atoms with Gasteiger partial charge in [0.1, 0.15) is 5.75 Å². The van der Waals surface area contributed by atoms with E-state index < -0.39 is 10.0 Å². The molecule has 6 nitrogen and oxygen atoms in total. The molecule has 0 amide bonds. The van der Waals surface area contributed by atoms with E-state index in [0.29, 0.717) is 23.7 Å². The van der Waals surface area contributed by atoms with Crippen LogP contribution in [0.1, 0.15) is 11.1 Å². The highest BCUT2D eigenvalue weighted by Gasteiger charge is 2.30. The van der Waals surface area contributed by atoms with Gasteiger partial charge in [0, 0.05) is 43.7 Å². The monoisotopic (exact) mass is 479 g/mol. The molecule has 4 rings (SSSR count). The smallest absolute Gasteiger partial charge is 0.243 e. The molecule has 2 aliphatic rings. The SMILES string of the molecule is COc1ccc(S(=O)(=O)N2CCc3ccc(Br)cc3C2)cc1N1CCN(C)CC1. The summed E-state index contributed by atoms with van der Waals surface area (Å²) in [6, 6.07) is 11.3. The number of benzene rings is 2. The zero-order valence-electron chi connectivity index (χ0n) is 16.8. The minimum atomic E-state index is -3.59. The molecule has 0 unspecified atom stereocenters. The summed E-state index contributed by atoms with van der Waals surface area (Å²) in [6.07, 6.45) is 0.726. The Bertz CT molecular complexity index is 1000. The van der Waals surface area contributed by atoms with Crippen molar-refractivity contribution < 1.29 is 13.2 Å². The number of hydrogen-bond donors (Lipinski definition) is 0. The minimum Gasteiger partial charge on any atom is -0.495 e. The van der Waals surface area contributed by atoms with Crippen molar-refractivity contribution in [3.63, 3.8) is 0 Å². The number of halogens is 1. The molecule has 2 aromatic carbocycles. The van der Waals surface area contributed by atoms with Crippen LogP contribution in [0.3, 0.4) is 0 Å². The third kappa shape index (κ3) is 4.17. The van der Waals surface area contributed by atoms with E-state index in [-0.39, 0.29) is 0 Å². The maximum atomic E-state index is 13.4. The van der Waals surface area contributed by atoms with Crippen molar-refractivity contribution in [2.45, 2.75) is 17.9 Å². The molecule has 0 aliphatic carbocycles. The van der Waals surface area contributed by atoms with E-state index in [2.05, 4.69) is 38.8 Å². The molecule has 0 aromatic heterocycles. The number of anilines is 1. The molecule has 156 valence electrons. The van der Waals surface area contributed by atoms with E-state index in [0.717, 1.165) is 48.3 Å². The number of nitrogens with zero attached hydrogens (tertiary/aromatic N) is 3. The summed E-state index contributed by atoms with van der Waals surface area (Å²) in [5.74, 6) is 0.710. The second kappa shape index (κ2) is 8.26. The van der Waals surface area contributed by atoms with Gasteiger partial charge in [0.05, 0.1) is 17.7 Å². The van der Waals surface area contributed by atoms with Crippen LogP contribution in [-0.4, -0.2) is 64.5 Å². The average Bonchev–Trinajstić information content (AvgIpc) is 2.73. The van der Waals surface area contributed by atoms with Gasteiger partial charge in [-0.2, -0.15) is 4.31 Å². The molecule has 0 bridgehead atoms. The Morgan fingerprint density at radius 3 is 2.45 bits per heavy atom. The van der Waals surface area contributed by atoms with Gasteiger partial charge in [0.15, 0.2) is 0 Å². The fourth-order valence-electron chi connectivity index (χ4n) is 3.98. The van der Waals surface area contributed by atoms with E-state index in [4.69, 9.17) is 4.74 Å². The van der Waals surface area contributed by atoms with Crippen molar-refractivity contribution in [3.8, 4) is 5.75 Å². The van der Waals surface area contributed by atoms with Crippen molar-refractivity contribution in [1.29, 1.82) is 0 Å². The molecule has 0 radical (unpaired) electrons. The van der Waals surface area contributed by atoms with Crippen LogP contribution in [0, 0.1) is 0 Å². The Morgan fingerprint density at radius 1 is 0.966 bits per heavy atom. The summed E-state index contributed by atoms with van der Waals surface area (Å²) in [7, 11) is 0.138. The first kappa shape index (κ1) is 20.7. The van der Waals surface area contributed by atoms with Crippen LogP contribution in [0.5, 0.6) is 5.75 Å². The fraction of sp³-hybridized carbons (Fsp3) is 0.429. The summed E-state index contributed by atoms with van der Waals surface area (Å²) in [5.41, 5.74) is 3.12. The van der Waals surface area contributed by atoms with Gasteiger partial charge in [-0.05, 0) is 54.9 Å². The zero-order chi connectivity index (χ0) is 20.6. The molecular weight excluding hydrogens is 454 g/mol. The van der Waals surface area contributed by atoms with E-state index >= 15 is 0 Å². The fourth-order valence-corrected chi connectivity index (χ4v) is 5.83. The first-order valence-electron chi connectivity index (χ1n) is 9.77. The Hall–Kier alpha value is -1.61. The molecule has 1 fully saturated rings. The van der Waals surface area contributed by atoms with Gasteiger partial charge in [-0.15, -0.1) is 0 Å². The molecular formula is C21H26BrN3O3S. The van der Waals surface area contributed by atoms with Gasteiger partial charge < -0.3 is 14.5 Å². The van der Waals surface area contributed by atoms with Crippen LogP contribution in [0.15, 0.2) is 45.8 Å². The number of methoxy groups -OCH3 is 1. The van der Waals surface area contributed by atoms with E-state index in [1.165, 1.54) is 5.56 Å². The maximum absolute atomic E-state index is 13.4. The topological polar surface area (TPSA) is 53.1 Å². The minimum absolute atomic E-state index is 0.325. The van der Waals surface area contributed by atoms with Gasteiger partial charge in [-0.25, -0.2) is 8.42 Å². The van der Waals surface area contributed by atoms with Gasteiger partial charge in [-0.1, -0.05) is 22.0 Å². The molecule has 0 N–H and O–H groups in total. The number of ether oxygens (including phenoxy) is 1. The number of rotatable bonds is 4. The second-order valence-electron chi connectivity index (χ2n) is 7.63. The lowest BCUT2D eigenvalue weighted by Gasteiger charge is -2.35. The molecule has 2 aromatic rings. The zero-order valence-corrected chi connectivity index (χ0v) is 19.2. The van der Waals surface area contributed by atoms with Crippen LogP contribution in [0.2, 0.25) is 0 Å². The summed E-state index contributed by atoms with van der Waals surface area (Å²) in [6.45, 7) is 4.47. The summed E-state index contributed by atoms with van der Waals surface area (Å²) in [5, 5.41) is 0. The lowest BCUT2D eigenvalue weighted by molar-refractivity contribution is 0.311. The predicted molar refractivity (Wildman–Crippen MR) is 118 cm³/mol. The van der Waals surface area contributed by atoms with E-state index in [1.807, 2.05) is 12.1 Å². The molecule has 2 heterocycles. The van der Waals surface area contributed by atoms with E-state index in [1.54, 1.807) is 29.6 Å². The number of fused-ring (bicyclic) bond motifs is 1. The molecule has 1 saturated heterocycles. The normalized spacial score (nSPS) is 18.5. The van der Waals surface area contributed by atoms with Crippen LogP contribution in [0.4, 0.5) is 5.69 Å². The second-order valence-corrected chi connectivity index (χ2v) is 10.5. The first-order valence-corrected chi connectivity index (χ1v) is 12.0. The maximum Gasteiger partial charge on any atom is 0.243 e. The number of hydrogen-bond acceptors (Lipinski definition) is 5. The largest absolute Gasteiger partial charge is 0.495 e. The highest BCUT2D eigenvalue weighted by atomic mass is 79.9. The summed E-state index contributed by atoms with van der Waals surface area (Å²) >= 11 is 3.49. The quantitative estimate of drug-likeness (QED) is 0.674. The van der Waals surface area contributed by atoms with Crippen molar-refractivity contribution >= 4 is 31.6 Å². The lowest BCUT2D eigenvalue weighted by Crippen LogP contribution is -2.44. The van der Waals surface area contributed by atoms with Gasteiger partial charge in [0.2, 0.25) is 10.0 Å². The summed E-state index contributed by atoms with van der Waals surface area (Å²) < 4.78 is 34.9. The molecule has 0 spiro atoms. The van der Waals surface area contributed by atoms with Crippen molar-refractivity contribution in [2.75, 3.05) is 51.8 Å². The van der Waals surface area contributed by atoms with E-state index in [9.17, 15) is 8.42 Å². The molecule has 8 heteroatoms. The van der Waals surface area contributed by atoms with Crippen LogP contribution in [-0.2, 0) is 23.0 Å². The highest BCUT2D eigenvalue weighted by molar-refractivity contribution is 9.10. The number of sulfonamides is 1. The Morgan fingerprint density at radius 2 is 1.72 bits per heavy atom. The van der Waals surface area contributed by atoms with Gasteiger partial charge >= 0.3 is 0 Å². The van der Waals surface area contributed by atoms with Crippen molar-refractivity contribution in [2.24, 2.45) is 0 Å². The Balaban J connectivity index is 1.64. The predicted octanol–water partition coefficient (Wildman–Crippen LogP) is 2.96. The molecule has 0 saturated carbocycles. The standard InChI is InChI=1S/C21H26BrN3O3S/c1-23-9-11-24(12-10-23)20-14-19(5-6-21(20)28-2)29(26,27)25-8-7-16-3-4-18(22)13-17(16)15-25/h3-6,13-14H,7-12,15H2,1-2H3. The van der Waals surface area contributed by atoms with Gasteiger partial charge in [0.25, 0.3) is 0 Å². The van der Waals surface area contributed by atoms with Crippen LogP contribution in [0.25, 0.3) is 0 Å². The Labute approximate surface area is 181 Å². The molecule has 29 heavy (non-hydrogen) atoms. The third-order valence-corrected chi connectivity index (χ3v) is 8.11. The first-order chi connectivity index (χ1) is 13.9. The number of piperazine rings is 1. The third-order valence-electron chi connectivity index (χ3n) is 5.78. The van der Waals surface area contributed by atoms with Crippen molar-refractivity contribution in [3.05, 3.63) is 52.0 Å².